The molecule has 1 unspecified atom stereocenters. The Kier molecular flexibility index (Phi) is 6.28. The van der Waals surface area contributed by atoms with Gasteiger partial charge in [-0.2, -0.15) is 0 Å². The van der Waals surface area contributed by atoms with Crippen molar-refractivity contribution in [3.8, 4) is 0 Å². The molecule has 5 nitrogen and oxygen atoms in total. The van der Waals surface area contributed by atoms with E-state index < -0.39 is 0 Å². The van der Waals surface area contributed by atoms with Crippen LogP contribution in [-0.2, 0) is 9.53 Å². The Morgan fingerprint density at radius 3 is 2.76 bits per heavy atom. The summed E-state index contributed by atoms with van der Waals surface area (Å²) in [5.74, 6) is 0.479. The maximum atomic E-state index is 12.1. The van der Waals surface area contributed by atoms with Crippen molar-refractivity contribution in [1.82, 2.24) is 10.2 Å². The molecule has 0 aliphatic carbocycles. The van der Waals surface area contributed by atoms with Crippen molar-refractivity contribution in [2.75, 3.05) is 32.8 Å². The summed E-state index contributed by atoms with van der Waals surface area (Å²) >= 11 is 6.39. The lowest BCUT2D eigenvalue weighted by Gasteiger charge is -2.35. The summed E-state index contributed by atoms with van der Waals surface area (Å²) in [7, 11) is 0. The Hall–Kier alpha value is -2.08. The summed E-state index contributed by atoms with van der Waals surface area (Å²) in [5.41, 5.74) is 1.02. The zero-order valence-electron chi connectivity index (χ0n) is 13.9. The van der Waals surface area contributed by atoms with E-state index in [1.165, 1.54) is 6.08 Å². The largest absolute Gasteiger partial charge is 0.465 e. The molecule has 1 aliphatic rings. The van der Waals surface area contributed by atoms with Crippen molar-refractivity contribution < 1.29 is 13.9 Å². The molecule has 0 spiro atoms. The van der Waals surface area contributed by atoms with Gasteiger partial charge in [-0.3, -0.25) is 9.69 Å². The fraction of sp³-hybridized carbons (Fsp3) is 0.316. The van der Waals surface area contributed by atoms with Gasteiger partial charge in [0.05, 0.1) is 25.5 Å². The molecule has 1 amide bonds. The molecular weight excluding hydrogens is 340 g/mol. The number of morpholine rings is 1. The van der Waals surface area contributed by atoms with Crippen molar-refractivity contribution in [1.29, 1.82) is 0 Å². The molecule has 1 aliphatic heterocycles. The smallest absolute Gasteiger partial charge is 0.244 e. The first kappa shape index (κ1) is 17.7. The number of hydrogen-bond acceptors (Lipinski definition) is 4. The molecule has 6 heteroatoms. The number of rotatable bonds is 6. The van der Waals surface area contributed by atoms with Gasteiger partial charge in [-0.25, -0.2) is 0 Å². The predicted octanol–water partition coefficient (Wildman–Crippen LogP) is 3.14. The number of carbonyl (C=O) groups is 1. The van der Waals surface area contributed by atoms with Crippen molar-refractivity contribution in [2.24, 2.45) is 0 Å². The molecule has 1 saturated heterocycles. The first-order valence-corrected chi connectivity index (χ1v) is 8.67. The topological polar surface area (TPSA) is 54.7 Å². The van der Waals surface area contributed by atoms with Crippen molar-refractivity contribution in [3.63, 3.8) is 0 Å². The van der Waals surface area contributed by atoms with Crippen LogP contribution in [0, 0.1) is 0 Å². The van der Waals surface area contributed by atoms with Gasteiger partial charge in [-0.15, -0.1) is 0 Å². The van der Waals surface area contributed by atoms with Gasteiger partial charge in [0.1, 0.15) is 5.76 Å². The SMILES string of the molecule is O=C(C=Cc1ccco1)NCC(c1ccccc1Cl)N1CCOCC1. The lowest BCUT2D eigenvalue weighted by atomic mass is 10.0. The summed E-state index contributed by atoms with van der Waals surface area (Å²) in [5, 5.41) is 3.67. The van der Waals surface area contributed by atoms with E-state index in [0.717, 1.165) is 18.7 Å². The highest BCUT2D eigenvalue weighted by Crippen LogP contribution is 2.27. The van der Waals surface area contributed by atoms with Crippen LogP contribution in [0.15, 0.2) is 53.2 Å². The number of benzene rings is 1. The van der Waals surface area contributed by atoms with Crippen LogP contribution in [0.2, 0.25) is 5.02 Å². The average Bonchev–Trinajstić information content (AvgIpc) is 3.16. The van der Waals surface area contributed by atoms with Crippen LogP contribution >= 0.6 is 11.6 Å². The average molecular weight is 361 g/mol. The third-order valence-corrected chi connectivity index (χ3v) is 4.51. The number of ether oxygens (including phenoxy) is 1. The minimum absolute atomic E-state index is 0.0126. The van der Waals surface area contributed by atoms with Crippen LogP contribution in [0.25, 0.3) is 6.08 Å². The summed E-state index contributed by atoms with van der Waals surface area (Å²) in [6, 6.07) is 11.3. The van der Waals surface area contributed by atoms with Gasteiger partial charge < -0.3 is 14.5 Å². The van der Waals surface area contributed by atoms with E-state index in [0.29, 0.717) is 30.5 Å². The number of amides is 1. The number of nitrogens with zero attached hydrogens (tertiary/aromatic N) is 1. The molecule has 0 saturated carbocycles. The standard InChI is InChI=1S/C19H21ClN2O3/c20-17-6-2-1-5-16(17)18(22-9-12-24-13-10-22)14-21-19(23)8-7-15-4-3-11-25-15/h1-8,11,18H,9-10,12-14H2,(H,21,23). The van der Waals surface area contributed by atoms with Crippen molar-refractivity contribution in [2.45, 2.75) is 6.04 Å². The van der Waals surface area contributed by atoms with Crippen LogP contribution in [0.1, 0.15) is 17.4 Å². The zero-order valence-corrected chi connectivity index (χ0v) is 14.6. The van der Waals surface area contributed by atoms with E-state index in [4.69, 9.17) is 20.8 Å². The molecule has 1 aromatic carbocycles. The van der Waals surface area contributed by atoms with Crippen LogP contribution in [-0.4, -0.2) is 43.7 Å². The Morgan fingerprint density at radius 2 is 2.04 bits per heavy atom. The zero-order chi connectivity index (χ0) is 17.5. The maximum Gasteiger partial charge on any atom is 0.244 e. The van der Waals surface area contributed by atoms with Crippen LogP contribution in [0.3, 0.4) is 0 Å². The van der Waals surface area contributed by atoms with E-state index in [2.05, 4.69) is 10.2 Å². The van der Waals surface area contributed by atoms with Crippen LogP contribution in [0.5, 0.6) is 0 Å². The monoisotopic (exact) mass is 360 g/mol. The first-order valence-electron chi connectivity index (χ1n) is 8.29. The molecule has 3 rings (SSSR count). The highest BCUT2D eigenvalue weighted by Gasteiger charge is 2.24. The molecule has 2 aromatic rings. The minimum atomic E-state index is -0.165. The molecule has 0 bridgehead atoms. The maximum absolute atomic E-state index is 12.1. The van der Waals surface area contributed by atoms with E-state index in [1.54, 1.807) is 24.5 Å². The number of hydrogen-bond donors (Lipinski definition) is 1. The second kappa shape index (κ2) is 8.85. The highest BCUT2D eigenvalue weighted by atomic mass is 35.5. The number of nitrogens with one attached hydrogen (secondary N) is 1. The summed E-state index contributed by atoms with van der Waals surface area (Å²) in [4.78, 5) is 14.4. The van der Waals surface area contributed by atoms with Gasteiger partial charge in [0.25, 0.3) is 0 Å². The van der Waals surface area contributed by atoms with Gasteiger partial charge in [0.2, 0.25) is 5.91 Å². The summed E-state index contributed by atoms with van der Waals surface area (Å²) in [6.45, 7) is 3.48. The number of carbonyl (C=O) groups excluding carboxylic acids is 1. The van der Waals surface area contributed by atoms with E-state index in [1.807, 2.05) is 24.3 Å². The third kappa shape index (κ3) is 4.95. The predicted molar refractivity (Wildman–Crippen MR) is 97.3 cm³/mol. The Morgan fingerprint density at radius 1 is 1.24 bits per heavy atom. The molecule has 1 aromatic heterocycles. The van der Waals surface area contributed by atoms with Gasteiger partial charge in [0.15, 0.2) is 0 Å². The van der Waals surface area contributed by atoms with Gasteiger partial charge >= 0.3 is 0 Å². The van der Waals surface area contributed by atoms with Gasteiger partial charge in [-0.1, -0.05) is 29.8 Å². The first-order chi connectivity index (χ1) is 12.2. The van der Waals surface area contributed by atoms with Crippen molar-refractivity contribution in [3.05, 3.63) is 65.1 Å². The summed E-state index contributed by atoms with van der Waals surface area (Å²) in [6.07, 6.45) is 4.69. The Balaban J connectivity index is 1.67. The fourth-order valence-corrected chi connectivity index (χ4v) is 3.13. The fourth-order valence-electron chi connectivity index (χ4n) is 2.87. The summed E-state index contributed by atoms with van der Waals surface area (Å²) < 4.78 is 10.6. The normalized spacial score (nSPS) is 16.8. The molecule has 25 heavy (non-hydrogen) atoms. The lowest BCUT2D eigenvalue weighted by Crippen LogP contribution is -2.43. The highest BCUT2D eigenvalue weighted by molar-refractivity contribution is 6.31. The molecular formula is C19H21ClN2O3. The second-order valence-electron chi connectivity index (χ2n) is 5.78. The van der Waals surface area contributed by atoms with Gasteiger partial charge in [0, 0.05) is 30.7 Å². The minimum Gasteiger partial charge on any atom is -0.465 e. The molecule has 132 valence electrons. The third-order valence-electron chi connectivity index (χ3n) is 4.16. The number of halogens is 1. The quantitative estimate of drug-likeness (QED) is 0.804. The second-order valence-corrected chi connectivity index (χ2v) is 6.19. The van der Waals surface area contributed by atoms with Crippen LogP contribution in [0.4, 0.5) is 0 Å². The van der Waals surface area contributed by atoms with Crippen molar-refractivity contribution >= 4 is 23.6 Å². The Labute approximate surface area is 152 Å². The van der Waals surface area contributed by atoms with E-state index in [9.17, 15) is 4.79 Å². The molecule has 0 radical (unpaired) electrons. The van der Waals surface area contributed by atoms with Gasteiger partial charge in [-0.05, 0) is 29.8 Å². The van der Waals surface area contributed by atoms with E-state index in [-0.39, 0.29) is 11.9 Å². The van der Waals surface area contributed by atoms with Crippen LogP contribution < -0.4 is 5.32 Å². The molecule has 1 N–H and O–H groups in total. The van der Waals surface area contributed by atoms with E-state index >= 15 is 0 Å². The lowest BCUT2D eigenvalue weighted by molar-refractivity contribution is -0.116. The number of furan rings is 1. The molecule has 1 atom stereocenters. The molecule has 1 fully saturated rings. The molecule has 2 heterocycles. The Bertz CT molecular complexity index is 709.